The Morgan fingerprint density at radius 2 is 1.67 bits per heavy atom. The monoisotopic (exact) mass is 492 g/mol. The molecule has 3 amide bonds. The number of aliphatic carboxylic acids is 1. The molecule has 0 aliphatic carbocycles. The third kappa shape index (κ3) is 6.70. The zero-order chi connectivity index (χ0) is 23.8. The number of nitrogens with one attached hydrogen (secondary N) is 4. The summed E-state index contributed by atoms with van der Waals surface area (Å²) in [6.07, 6.45) is 0. The Kier molecular flexibility index (Phi) is 8.31. The fourth-order valence-electron chi connectivity index (χ4n) is 3.02. The van der Waals surface area contributed by atoms with Crippen molar-refractivity contribution in [2.45, 2.75) is 28.2 Å². The van der Waals surface area contributed by atoms with Gasteiger partial charge in [0.2, 0.25) is 15.7 Å². The van der Waals surface area contributed by atoms with Crippen LogP contribution in [0.15, 0.2) is 65.6 Å². The van der Waals surface area contributed by atoms with Crippen LogP contribution in [-0.2, 0) is 26.0 Å². The first kappa shape index (κ1) is 24.6. The second-order valence-corrected chi connectivity index (χ2v) is 10.7. The van der Waals surface area contributed by atoms with E-state index in [9.17, 15) is 27.9 Å². The third-order valence-corrected chi connectivity index (χ3v) is 8.56. The summed E-state index contributed by atoms with van der Waals surface area (Å²) in [5, 5.41) is 19.5. The number of amides is 3. The van der Waals surface area contributed by atoms with Crippen molar-refractivity contribution in [1.29, 1.82) is 0 Å². The van der Waals surface area contributed by atoms with Gasteiger partial charge in [0.05, 0.1) is 17.5 Å². The quantitative estimate of drug-likeness (QED) is 0.339. The molecule has 1 saturated heterocycles. The Bertz CT molecular complexity index is 1080. The van der Waals surface area contributed by atoms with Crippen LogP contribution in [0, 0.1) is 0 Å². The predicted molar refractivity (Wildman–Crippen MR) is 123 cm³/mol. The fraction of sp³-hybridized carbons (Fsp3) is 0.286. The van der Waals surface area contributed by atoms with Crippen LogP contribution < -0.4 is 21.3 Å². The summed E-state index contributed by atoms with van der Waals surface area (Å²) in [7, 11) is -3.71. The van der Waals surface area contributed by atoms with Crippen LogP contribution >= 0.6 is 11.8 Å². The lowest BCUT2D eigenvalue weighted by atomic mass is 10.2. The normalized spacial score (nSPS) is 18.8. The number of rotatable bonds is 9. The second kappa shape index (κ2) is 11.2. The minimum absolute atomic E-state index is 0.130. The topological polar surface area (TPSA) is 154 Å². The van der Waals surface area contributed by atoms with Crippen molar-refractivity contribution in [3.05, 3.63) is 66.2 Å². The molecular weight excluding hydrogens is 468 g/mol. The molecule has 1 aliphatic heterocycles. The minimum Gasteiger partial charge on any atom is -0.480 e. The van der Waals surface area contributed by atoms with Gasteiger partial charge in [-0.25, -0.2) is 18.0 Å². The van der Waals surface area contributed by atoms with Crippen LogP contribution in [0.25, 0.3) is 0 Å². The average Bonchev–Trinajstić information content (AvgIpc) is 3.33. The van der Waals surface area contributed by atoms with Crippen LogP contribution in [0.2, 0.25) is 0 Å². The highest BCUT2D eigenvalue weighted by atomic mass is 32.3. The van der Waals surface area contributed by atoms with Gasteiger partial charge in [-0.15, -0.1) is 11.8 Å². The lowest BCUT2D eigenvalue weighted by molar-refractivity contribution is -0.141. The smallest absolute Gasteiger partial charge is 0.328 e. The first-order chi connectivity index (χ1) is 15.8. The highest BCUT2D eigenvalue weighted by Gasteiger charge is 2.39. The lowest BCUT2D eigenvalue weighted by Gasteiger charge is -2.19. The SMILES string of the molecule is O=C(NCc1ccccc1)NCC(NC(=O)C1CSC(S(=O)(=O)c2ccccc2)N1)C(=O)O. The van der Waals surface area contributed by atoms with Gasteiger partial charge in [-0.1, -0.05) is 48.5 Å². The molecule has 0 radical (unpaired) electrons. The number of carboxylic acids is 1. The summed E-state index contributed by atoms with van der Waals surface area (Å²) >= 11 is 1.05. The molecule has 0 spiro atoms. The summed E-state index contributed by atoms with van der Waals surface area (Å²) in [4.78, 5) is 36.2. The molecule has 176 valence electrons. The highest BCUT2D eigenvalue weighted by molar-refractivity contribution is 8.13. The first-order valence-corrected chi connectivity index (χ1v) is 12.6. The highest BCUT2D eigenvalue weighted by Crippen LogP contribution is 2.28. The second-order valence-electron chi connectivity index (χ2n) is 7.19. The lowest BCUT2D eigenvalue weighted by Crippen LogP contribution is -2.54. The van der Waals surface area contributed by atoms with Crippen molar-refractivity contribution in [3.63, 3.8) is 0 Å². The van der Waals surface area contributed by atoms with Gasteiger partial charge in [0.15, 0.2) is 4.71 Å². The number of carbonyl (C=O) groups is 3. The number of sulfone groups is 1. The molecule has 0 aromatic heterocycles. The summed E-state index contributed by atoms with van der Waals surface area (Å²) in [5.41, 5.74) is 0.876. The molecule has 0 bridgehead atoms. The molecule has 3 atom stereocenters. The Morgan fingerprint density at radius 1 is 1.03 bits per heavy atom. The Labute approximate surface area is 195 Å². The van der Waals surface area contributed by atoms with Crippen molar-refractivity contribution in [2.75, 3.05) is 12.3 Å². The Hall–Kier alpha value is -3.09. The van der Waals surface area contributed by atoms with Gasteiger partial charge in [-0.3, -0.25) is 10.1 Å². The molecule has 33 heavy (non-hydrogen) atoms. The number of carbonyl (C=O) groups excluding carboxylic acids is 2. The van der Waals surface area contributed by atoms with E-state index in [0.717, 1.165) is 17.3 Å². The molecule has 5 N–H and O–H groups in total. The molecule has 3 unspecified atom stereocenters. The van der Waals surface area contributed by atoms with E-state index in [1.807, 2.05) is 30.3 Å². The van der Waals surface area contributed by atoms with Crippen molar-refractivity contribution in [1.82, 2.24) is 21.3 Å². The van der Waals surface area contributed by atoms with Crippen LogP contribution in [0.5, 0.6) is 0 Å². The summed E-state index contributed by atoms with van der Waals surface area (Å²) in [6, 6.07) is 14.2. The van der Waals surface area contributed by atoms with Crippen LogP contribution in [0.4, 0.5) is 4.79 Å². The van der Waals surface area contributed by atoms with E-state index in [1.165, 1.54) is 12.1 Å². The van der Waals surface area contributed by atoms with Crippen LogP contribution in [-0.4, -0.2) is 60.5 Å². The van der Waals surface area contributed by atoms with Gasteiger partial charge >= 0.3 is 12.0 Å². The van der Waals surface area contributed by atoms with E-state index in [1.54, 1.807) is 18.2 Å². The number of benzene rings is 2. The standard InChI is InChI=1S/C21H24N4O6S2/c26-18(17-13-32-21(25-17)33(30,31)15-9-5-2-6-10-15)24-16(19(27)28)12-23-20(29)22-11-14-7-3-1-4-8-14/h1-10,16-17,21,25H,11-13H2,(H,24,26)(H,27,28)(H2,22,23,29). The summed E-state index contributed by atoms with van der Waals surface area (Å²) in [5.74, 6) is -1.84. The molecule has 1 heterocycles. The summed E-state index contributed by atoms with van der Waals surface area (Å²) in [6.45, 7) is -0.0788. The van der Waals surface area contributed by atoms with E-state index in [2.05, 4.69) is 21.3 Å². The number of hydrogen-bond donors (Lipinski definition) is 5. The van der Waals surface area contributed by atoms with E-state index in [4.69, 9.17) is 0 Å². The van der Waals surface area contributed by atoms with Gasteiger partial charge in [-0.05, 0) is 17.7 Å². The van der Waals surface area contributed by atoms with E-state index < -0.39 is 44.5 Å². The van der Waals surface area contributed by atoms with E-state index in [-0.39, 0.29) is 23.7 Å². The third-order valence-electron chi connectivity index (χ3n) is 4.80. The molecule has 0 saturated carbocycles. The number of hydrogen-bond acceptors (Lipinski definition) is 7. The van der Waals surface area contributed by atoms with Crippen molar-refractivity contribution in [3.8, 4) is 0 Å². The maximum absolute atomic E-state index is 12.7. The van der Waals surface area contributed by atoms with E-state index >= 15 is 0 Å². The minimum atomic E-state index is -3.71. The largest absolute Gasteiger partial charge is 0.480 e. The van der Waals surface area contributed by atoms with E-state index in [0.29, 0.717) is 0 Å². The van der Waals surface area contributed by atoms with Crippen molar-refractivity contribution >= 4 is 39.5 Å². The predicted octanol–water partition coefficient (Wildman–Crippen LogP) is 0.518. The number of carboxylic acid groups (broad SMARTS) is 1. The Morgan fingerprint density at radius 3 is 2.30 bits per heavy atom. The molecular formula is C21H24N4O6S2. The zero-order valence-electron chi connectivity index (χ0n) is 17.4. The van der Waals surface area contributed by atoms with Crippen molar-refractivity contribution < 1.29 is 27.9 Å². The molecule has 1 aliphatic rings. The maximum atomic E-state index is 12.7. The Balaban J connectivity index is 1.50. The van der Waals surface area contributed by atoms with Gasteiger partial charge < -0.3 is 21.1 Å². The zero-order valence-corrected chi connectivity index (χ0v) is 19.1. The van der Waals surface area contributed by atoms with Gasteiger partial charge in [0.25, 0.3) is 0 Å². The average molecular weight is 493 g/mol. The summed E-state index contributed by atoms with van der Waals surface area (Å²) < 4.78 is 24.4. The van der Waals surface area contributed by atoms with Gasteiger partial charge in [0, 0.05) is 12.3 Å². The molecule has 3 rings (SSSR count). The molecule has 2 aromatic rings. The number of thioether (sulfide) groups is 1. The van der Waals surface area contributed by atoms with Gasteiger partial charge in [0.1, 0.15) is 6.04 Å². The first-order valence-electron chi connectivity index (χ1n) is 10.0. The fourth-order valence-corrected chi connectivity index (χ4v) is 6.30. The van der Waals surface area contributed by atoms with Crippen LogP contribution in [0.3, 0.4) is 0 Å². The molecule has 10 nitrogen and oxygen atoms in total. The molecule has 12 heteroatoms. The number of urea groups is 1. The molecule has 1 fully saturated rings. The van der Waals surface area contributed by atoms with Crippen LogP contribution in [0.1, 0.15) is 5.56 Å². The molecule has 2 aromatic carbocycles. The maximum Gasteiger partial charge on any atom is 0.328 e. The van der Waals surface area contributed by atoms with Crippen molar-refractivity contribution in [2.24, 2.45) is 0 Å². The van der Waals surface area contributed by atoms with Gasteiger partial charge in [-0.2, -0.15) is 0 Å².